The number of ether oxygens (including phenoxy) is 9. The first-order valence-corrected chi connectivity index (χ1v) is 26.3. The predicted molar refractivity (Wildman–Crippen MR) is 266 cm³/mol. The van der Waals surface area contributed by atoms with Crippen molar-refractivity contribution < 1.29 is 66.6 Å². The monoisotopic (exact) mass is 1050 g/mol. The second kappa shape index (κ2) is 29.0. The fraction of sp³-hybridized carbons (Fsp3) is 0.440. The Morgan fingerprint density at radius 3 is 1.52 bits per heavy atom. The standard InChI is InChI=1S/C50H57N3O14S4/c1-5-7-14-33(6-2)30-65-48(58)36(27-51)49-68-42-40(66-37(54)31-63-25-23-61-21-19-59-3)44-45(41(43(42)69-49)67-38(55)32-64-26-24-62-22-20-60-4)71-50(70-44)39-46(56)52(28-34-15-10-8-11-16-34)53(47(39)57)29-35-17-12-9-13-18-35/h8-13,15-18,33H,5-7,14,19-26,28-32H2,1-4H3. The van der Waals surface area contributed by atoms with Crippen molar-refractivity contribution in [2.45, 2.75) is 72.2 Å². The number of methoxy groups -OCH3 is 2. The molecule has 3 aromatic rings. The van der Waals surface area contributed by atoms with Gasteiger partial charge in [-0.2, -0.15) is 5.26 Å². The number of hydrogen-bond acceptors (Lipinski definition) is 19. The van der Waals surface area contributed by atoms with E-state index in [0.29, 0.717) is 26.4 Å². The summed E-state index contributed by atoms with van der Waals surface area (Å²) >= 11 is 3.93. The highest BCUT2D eigenvalue weighted by Gasteiger charge is 2.47. The summed E-state index contributed by atoms with van der Waals surface area (Å²) in [6.45, 7) is 5.39. The molecule has 21 heteroatoms. The van der Waals surface area contributed by atoms with Gasteiger partial charge in [-0.3, -0.25) is 9.59 Å². The Morgan fingerprint density at radius 2 is 1.08 bits per heavy atom. The number of carbonyl (C=O) groups is 5. The molecule has 0 spiro atoms. The van der Waals surface area contributed by atoms with Gasteiger partial charge in [0.05, 0.1) is 101 Å². The summed E-state index contributed by atoms with van der Waals surface area (Å²) in [5.41, 5.74) is 1.17. The van der Waals surface area contributed by atoms with Gasteiger partial charge in [0, 0.05) is 14.2 Å². The fourth-order valence-corrected chi connectivity index (χ4v) is 12.4. The molecule has 17 nitrogen and oxygen atoms in total. The summed E-state index contributed by atoms with van der Waals surface area (Å²) in [5.74, 6) is -3.48. The predicted octanol–water partition coefficient (Wildman–Crippen LogP) is 7.94. The van der Waals surface area contributed by atoms with E-state index in [0.717, 1.165) is 83.9 Å². The molecule has 0 N–H and O–H groups in total. The highest BCUT2D eigenvalue weighted by Crippen LogP contribution is 2.68. The molecule has 71 heavy (non-hydrogen) atoms. The lowest BCUT2D eigenvalue weighted by Crippen LogP contribution is -2.39. The lowest BCUT2D eigenvalue weighted by Gasteiger charge is -2.27. The van der Waals surface area contributed by atoms with Crippen LogP contribution in [-0.4, -0.2) is 127 Å². The summed E-state index contributed by atoms with van der Waals surface area (Å²) in [4.78, 5) is 71.4. The quantitative estimate of drug-likeness (QED) is 0.0162. The van der Waals surface area contributed by atoms with E-state index < -0.39 is 42.9 Å². The molecule has 0 radical (unpaired) electrons. The molecule has 1 unspecified atom stereocenters. The van der Waals surface area contributed by atoms with Gasteiger partial charge in [0.1, 0.15) is 24.9 Å². The summed E-state index contributed by atoms with van der Waals surface area (Å²) in [7, 11) is 3.11. The van der Waals surface area contributed by atoms with E-state index in [-0.39, 0.29) is 103 Å². The molecule has 1 saturated heterocycles. The van der Waals surface area contributed by atoms with Crippen molar-refractivity contribution in [2.24, 2.45) is 5.92 Å². The minimum absolute atomic E-state index is 0.0127. The van der Waals surface area contributed by atoms with Crippen LogP contribution in [0.3, 0.4) is 0 Å². The average Bonchev–Trinajstić information content (AvgIpc) is 4.07. The third kappa shape index (κ3) is 15.3. The minimum Gasteiger partial charge on any atom is -0.461 e. The fourth-order valence-electron chi connectivity index (χ4n) is 7.02. The van der Waals surface area contributed by atoms with Crippen molar-refractivity contribution in [3.05, 3.63) is 91.4 Å². The Labute approximate surface area is 430 Å². The van der Waals surface area contributed by atoms with Crippen LogP contribution in [0.1, 0.15) is 50.7 Å². The van der Waals surface area contributed by atoms with Gasteiger partial charge in [0.15, 0.2) is 17.1 Å². The smallest absolute Gasteiger partial charge is 0.350 e. The van der Waals surface area contributed by atoms with Gasteiger partial charge < -0.3 is 42.6 Å². The lowest BCUT2D eigenvalue weighted by atomic mass is 10.0. The number of nitriles is 1. The van der Waals surface area contributed by atoms with Crippen LogP contribution in [-0.2, 0) is 70.2 Å². The number of benzene rings is 3. The number of rotatable bonds is 29. The molecule has 2 amide bonds. The molecule has 380 valence electrons. The van der Waals surface area contributed by atoms with Crippen LogP contribution in [0.5, 0.6) is 11.5 Å². The van der Waals surface area contributed by atoms with Gasteiger partial charge in [0.2, 0.25) is 0 Å². The summed E-state index contributed by atoms with van der Waals surface area (Å²) in [6.07, 6.45) is 3.59. The number of amides is 2. The van der Waals surface area contributed by atoms with Crippen LogP contribution < -0.4 is 9.47 Å². The molecule has 6 rings (SSSR count). The third-order valence-corrected chi connectivity index (χ3v) is 15.9. The molecular weight excluding hydrogens is 995 g/mol. The van der Waals surface area contributed by atoms with E-state index in [2.05, 4.69) is 6.92 Å². The number of hydrogen-bond donors (Lipinski definition) is 0. The average molecular weight is 1050 g/mol. The van der Waals surface area contributed by atoms with Crippen LogP contribution in [0.2, 0.25) is 0 Å². The number of nitrogens with zero attached hydrogens (tertiary/aromatic N) is 3. The lowest BCUT2D eigenvalue weighted by molar-refractivity contribution is -0.149. The zero-order valence-corrected chi connectivity index (χ0v) is 43.3. The largest absolute Gasteiger partial charge is 0.461 e. The topological polar surface area (TPSA) is 199 Å². The minimum atomic E-state index is -0.828. The molecule has 0 bridgehead atoms. The SMILES string of the molecule is CCCCC(CC)COC(=O)C(C#N)=C1Sc2c(OC(=O)COCCOCCOC)c3c(c(OC(=O)COCCOCCOC)c2S1)SC(=C1C(=O)N(Cc2ccccc2)N(Cc2ccccc2)C1=O)S3. The van der Waals surface area contributed by atoms with Gasteiger partial charge >= 0.3 is 17.9 Å². The Morgan fingerprint density at radius 1 is 0.634 bits per heavy atom. The highest BCUT2D eigenvalue weighted by atomic mass is 32.2. The first-order valence-electron chi connectivity index (χ1n) is 23.0. The first-order chi connectivity index (χ1) is 34.6. The second-order valence-corrected chi connectivity index (χ2v) is 20.4. The van der Waals surface area contributed by atoms with Gasteiger partial charge in [-0.1, -0.05) is 141 Å². The van der Waals surface area contributed by atoms with Crippen LogP contribution >= 0.6 is 47.0 Å². The molecule has 3 aromatic carbocycles. The highest BCUT2D eigenvalue weighted by molar-refractivity contribution is 8.26. The molecule has 1 atom stereocenters. The maximum absolute atomic E-state index is 14.7. The normalized spacial score (nSPS) is 14.4. The van der Waals surface area contributed by atoms with Gasteiger partial charge in [-0.25, -0.2) is 24.4 Å². The maximum atomic E-state index is 14.7. The van der Waals surface area contributed by atoms with Crippen LogP contribution in [0.4, 0.5) is 0 Å². The van der Waals surface area contributed by atoms with Crippen molar-refractivity contribution in [3.8, 4) is 17.6 Å². The number of esters is 3. The Hall–Kier alpha value is -4.86. The van der Waals surface area contributed by atoms with E-state index in [4.69, 9.17) is 42.6 Å². The Balaban J connectivity index is 1.40. The summed E-state index contributed by atoms with van der Waals surface area (Å²) in [6, 6.07) is 20.6. The Kier molecular flexibility index (Phi) is 22.6. The van der Waals surface area contributed by atoms with E-state index in [1.54, 1.807) is 14.2 Å². The number of carbonyl (C=O) groups excluding carboxylic acids is 5. The summed E-state index contributed by atoms with van der Waals surface area (Å²) < 4.78 is 50.5. The molecule has 1 fully saturated rings. The molecule has 3 aliphatic rings. The van der Waals surface area contributed by atoms with Crippen molar-refractivity contribution in [3.63, 3.8) is 0 Å². The molecule has 3 heterocycles. The van der Waals surface area contributed by atoms with Crippen molar-refractivity contribution in [1.29, 1.82) is 5.26 Å². The number of fused-ring (bicyclic) bond motifs is 2. The Bertz CT molecular complexity index is 2310. The van der Waals surface area contributed by atoms with E-state index in [9.17, 15) is 29.2 Å². The van der Waals surface area contributed by atoms with Crippen LogP contribution in [0.25, 0.3) is 0 Å². The van der Waals surface area contributed by atoms with Gasteiger partial charge in [-0.05, 0) is 23.5 Å². The summed E-state index contributed by atoms with van der Waals surface area (Å²) in [5, 5.41) is 13.3. The number of hydrazine groups is 1. The van der Waals surface area contributed by atoms with Gasteiger partial charge in [-0.15, -0.1) is 0 Å². The van der Waals surface area contributed by atoms with Crippen LogP contribution in [0.15, 0.2) is 99.9 Å². The zero-order chi connectivity index (χ0) is 50.5. The van der Waals surface area contributed by atoms with Crippen molar-refractivity contribution in [2.75, 3.05) is 86.9 Å². The zero-order valence-electron chi connectivity index (χ0n) is 40.1. The van der Waals surface area contributed by atoms with E-state index in [1.807, 2.05) is 73.7 Å². The number of thioether (sulfide) groups is 4. The second-order valence-electron chi connectivity index (χ2n) is 15.8. The van der Waals surface area contributed by atoms with Crippen molar-refractivity contribution in [1.82, 2.24) is 10.0 Å². The molecule has 0 aliphatic carbocycles. The molecule has 3 aliphatic heterocycles. The van der Waals surface area contributed by atoms with E-state index in [1.165, 1.54) is 10.0 Å². The molecule has 0 aromatic heterocycles. The molecule has 0 saturated carbocycles. The van der Waals surface area contributed by atoms with E-state index >= 15 is 0 Å². The maximum Gasteiger partial charge on any atom is 0.350 e. The first kappa shape index (κ1) is 55.5. The number of unbranched alkanes of at least 4 members (excludes halogenated alkanes) is 1. The van der Waals surface area contributed by atoms with Crippen LogP contribution in [0, 0.1) is 17.2 Å². The van der Waals surface area contributed by atoms with Gasteiger partial charge in [0.25, 0.3) is 11.8 Å². The van der Waals surface area contributed by atoms with Crippen molar-refractivity contribution >= 4 is 76.8 Å². The molecular formula is C50H57N3O14S4. The third-order valence-electron chi connectivity index (χ3n) is 10.8.